The summed E-state index contributed by atoms with van der Waals surface area (Å²) in [6, 6.07) is 20.9. The molecule has 120 valence electrons. The van der Waals surface area contributed by atoms with Gasteiger partial charge >= 0.3 is 0 Å². The smallest absolute Gasteiger partial charge is 0.221 e. The average Bonchev–Trinajstić information content (AvgIpc) is 2.99. The average molecular weight is 308 g/mol. The predicted octanol–water partition coefficient (Wildman–Crippen LogP) is 3.03. The Bertz CT molecular complexity index is 587. The number of carbonyl (C=O) groups is 1. The third kappa shape index (κ3) is 4.20. The normalized spacial score (nSPS) is 18.3. The minimum Gasteiger partial charge on any atom is -0.352 e. The van der Waals surface area contributed by atoms with Crippen LogP contribution in [0.1, 0.15) is 29.9 Å². The van der Waals surface area contributed by atoms with E-state index in [0.717, 1.165) is 19.5 Å². The van der Waals surface area contributed by atoms with Crippen LogP contribution in [0.2, 0.25) is 0 Å². The van der Waals surface area contributed by atoms with Crippen LogP contribution in [0.25, 0.3) is 0 Å². The Hall–Kier alpha value is -2.13. The first kappa shape index (κ1) is 15.8. The monoisotopic (exact) mass is 308 g/mol. The van der Waals surface area contributed by atoms with Gasteiger partial charge in [-0.25, -0.2) is 0 Å². The van der Waals surface area contributed by atoms with Gasteiger partial charge in [-0.05, 0) is 31.1 Å². The Morgan fingerprint density at radius 3 is 2.13 bits per heavy atom. The third-order valence-electron chi connectivity index (χ3n) is 4.55. The second-order valence-corrected chi connectivity index (χ2v) is 6.39. The van der Waals surface area contributed by atoms with E-state index in [4.69, 9.17) is 0 Å². The van der Waals surface area contributed by atoms with Crippen LogP contribution in [0.5, 0.6) is 0 Å². The molecule has 0 bridgehead atoms. The quantitative estimate of drug-likeness (QED) is 0.921. The highest BCUT2D eigenvalue weighted by Crippen LogP contribution is 2.27. The summed E-state index contributed by atoms with van der Waals surface area (Å²) in [4.78, 5) is 14.8. The number of hydrogen-bond donors (Lipinski definition) is 1. The molecule has 3 nitrogen and oxygen atoms in total. The summed E-state index contributed by atoms with van der Waals surface area (Å²) in [5.41, 5.74) is 2.38. The molecule has 0 radical (unpaired) electrons. The fourth-order valence-corrected chi connectivity index (χ4v) is 3.32. The molecule has 3 rings (SSSR count). The van der Waals surface area contributed by atoms with Crippen molar-refractivity contribution in [3.8, 4) is 0 Å². The Balaban J connectivity index is 1.73. The fraction of sp³-hybridized carbons (Fsp3) is 0.350. The molecule has 1 N–H and O–H groups in total. The molecule has 1 heterocycles. The summed E-state index contributed by atoms with van der Waals surface area (Å²) < 4.78 is 0. The van der Waals surface area contributed by atoms with Gasteiger partial charge < -0.3 is 10.2 Å². The van der Waals surface area contributed by atoms with Gasteiger partial charge in [-0.15, -0.1) is 0 Å². The van der Waals surface area contributed by atoms with Crippen LogP contribution in [0.3, 0.4) is 0 Å². The Morgan fingerprint density at radius 1 is 1.09 bits per heavy atom. The Kier molecular flexibility index (Phi) is 5.09. The second-order valence-electron chi connectivity index (χ2n) is 6.39. The van der Waals surface area contributed by atoms with Gasteiger partial charge in [0.25, 0.3) is 0 Å². The van der Waals surface area contributed by atoms with Gasteiger partial charge in [0.05, 0.1) is 0 Å². The molecule has 1 aliphatic heterocycles. The first-order valence-corrected chi connectivity index (χ1v) is 8.30. The molecule has 1 amide bonds. The molecular weight excluding hydrogens is 284 g/mol. The highest BCUT2D eigenvalue weighted by Gasteiger charge is 2.23. The molecule has 0 spiro atoms. The molecule has 1 unspecified atom stereocenters. The lowest BCUT2D eigenvalue weighted by molar-refractivity contribution is -0.121. The van der Waals surface area contributed by atoms with Crippen LogP contribution < -0.4 is 5.32 Å². The van der Waals surface area contributed by atoms with Gasteiger partial charge in [0.15, 0.2) is 0 Å². The SMILES string of the molecule is CN1CCC(NC(=O)CC(c2ccccc2)c2ccccc2)C1. The summed E-state index contributed by atoms with van der Waals surface area (Å²) in [6.07, 6.45) is 1.54. The summed E-state index contributed by atoms with van der Waals surface area (Å²) in [5, 5.41) is 3.20. The number of likely N-dealkylation sites (N-methyl/N-ethyl adjacent to an activating group) is 1. The summed E-state index contributed by atoms with van der Waals surface area (Å²) in [6.45, 7) is 2.01. The van der Waals surface area contributed by atoms with E-state index in [1.54, 1.807) is 0 Å². The highest BCUT2D eigenvalue weighted by atomic mass is 16.1. The number of amides is 1. The van der Waals surface area contributed by atoms with E-state index in [9.17, 15) is 4.79 Å². The number of benzene rings is 2. The van der Waals surface area contributed by atoms with Gasteiger partial charge in [0.2, 0.25) is 5.91 Å². The topological polar surface area (TPSA) is 32.3 Å². The van der Waals surface area contributed by atoms with Gasteiger partial charge in [0.1, 0.15) is 0 Å². The van der Waals surface area contributed by atoms with Crippen LogP contribution in [0, 0.1) is 0 Å². The van der Waals surface area contributed by atoms with E-state index in [1.165, 1.54) is 11.1 Å². The van der Waals surface area contributed by atoms with Crippen LogP contribution in [0.4, 0.5) is 0 Å². The molecule has 1 saturated heterocycles. The van der Waals surface area contributed by atoms with Crippen LogP contribution in [-0.4, -0.2) is 37.0 Å². The van der Waals surface area contributed by atoms with Crippen LogP contribution >= 0.6 is 0 Å². The standard InChI is InChI=1S/C20H24N2O/c1-22-13-12-18(15-22)21-20(23)14-19(16-8-4-2-5-9-16)17-10-6-3-7-11-17/h2-11,18-19H,12-15H2,1H3,(H,21,23). The molecule has 0 aliphatic carbocycles. The molecule has 1 aliphatic rings. The van der Waals surface area contributed by atoms with Crippen molar-refractivity contribution in [3.05, 3.63) is 71.8 Å². The number of carbonyl (C=O) groups excluding carboxylic acids is 1. The van der Waals surface area contributed by atoms with Crippen LogP contribution in [0.15, 0.2) is 60.7 Å². The maximum Gasteiger partial charge on any atom is 0.221 e. The van der Waals surface area contributed by atoms with E-state index in [1.807, 2.05) is 36.4 Å². The number of hydrogen-bond acceptors (Lipinski definition) is 2. The maximum atomic E-state index is 12.5. The Morgan fingerprint density at radius 2 is 1.65 bits per heavy atom. The van der Waals surface area contributed by atoms with Gasteiger partial charge in [-0.1, -0.05) is 60.7 Å². The third-order valence-corrected chi connectivity index (χ3v) is 4.55. The van der Waals surface area contributed by atoms with E-state index in [2.05, 4.69) is 41.5 Å². The van der Waals surface area contributed by atoms with Crippen molar-refractivity contribution in [2.75, 3.05) is 20.1 Å². The zero-order chi connectivity index (χ0) is 16.1. The molecule has 0 saturated carbocycles. The fourth-order valence-electron chi connectivity index (χ4n) is 3.32. The zero-order valence-corrected chi connectivity index (χ0v) is 13.6. The Labute approximate surface area is 138 Å². The van der Waals surface area contributed by atoms with Crippen molar-refractivity contribution in [2.45, 2.75) is 24.8 Å². The molecule has 0 aromatic heterocycles. The van der Waals surface area contributed by atoms with Crippen LogP contribution in [-0.2, 0) is 4.79 Å². The summed E-state index contributed by atoms with van der Waals surface area (Å²) in [5.74, 6) is 0.250. The lowest BCUT2D eigenvalue weighted by Crippen LogP contribution is -2.37. The van der Waals surface area contributed by atoms with Gasteiger partial charge in [0, 0.05) is 24.9 Å². The first-order chi connectivity index (χ1) is 11.2. The lowest BCUT2D eigenvalue weighted by Gasteiger charge is -2.19. The second kappa shape index (κ2) is 7.42. The predicted molar refractivity (Wildman–Crippen MR) is 93.4 cm³/mol. The highest BCUT2D eigenvalue weighted by molar-refractivity contribution is 5.78. The largest absolute Gasteiger partial charge is 0.352 e. The van der Waals surface area contributed by atoms with E-state index < -0.39 is 0 Å². The molecule has 23 heavy (non-hydrogen) atoms. The molecule has 2 aromatic rings. The molecule has 1 fully saturated rings. The zero-order valence-electron chi connectivity index (χ0n) is 13.6. The van der Waals surface area contributed by atoms with Crippen molar-refractivity contribution in [1.82, 2.24) is 10.2 Å². The summed E-state index contributed by atoms with van der Waals surface area (Å²) in [7, 11) is 2.10. The lowest BCUT2D eigenvalue weighted by atomic mass is 9.88. The number of nitrogens with zero attached hydrogens (tertiary/aromatic N) is 1. The molecule has 1 atom stereocenters. The molecule has 3 heteroatoms. The van der Waals surface area contributed by atoms with Crippen molar-refractivity contribution < 1.29 is 4.79 Å². The first-order valence-electron chi connectivity index (χ1n) is 8.30. The van der Waals surface area contributed by atoms with Crippen molar-refractivity contribution in [1.29, 1.82) is 0 Å². The number of nitrogens with one attached hydrogen (secondary N) is 1. The summed E-state index contributed by atoms with van der Waals surface area (Å²) >= 11 is 0. The van der Waals surface area contributed by atoms with Crippen molar-refractivity contribution in [2.24, 2.45) is 0 Å². The van der Waals surface area contributed by atoms with Gasteiger partial charge in [-0.2, -0.15) is 0 Å². The molecular formula is C20H24N2O. The minimum atomic E-state index is 0.108. The van der Waals surface area contributed by atoms with E-state index in [-0.39, 0.29) is 11.8 Å². The maximum absolute atomic E-state index is 12.5. The van der Waals surface area contributed by atoms with Crippen molar-refractivity contribution >= 4 is 5.91 Å². The van der Waals surface area contributed by atoms with Crippen molar-refractivity contribution in [3.63, 3.8) is 0 Å². The molecule has 2 aromatic carbocycles. The van der Waals surface area contributed by atoms with E-state index in [0.29, 0.717) is 12.5 Å². The van der Waals surface area contributed by atoms with E-state index >= 15 is 0 Å². The number of rotatable bonds is 5. The minimum absolute atomic E-state index is 0.108. The van der Waals surface area contributed by atoms with Gasteiger partial charge in [-0.3, -0.25) is 4.79 Å². The number of likely N-dealkylation sites (tertiary alicyclic amines) is 1.